The number of hydrogen-bond donors (Lipinski definition) is 6. The lowest BCUT2D eigenvalue weighted by molar-refractivity contribution is -0.145. The number of unbranched alkanes of at least 4 members (excludes halogenated alkanes) is 3. The van der Waals surface area contributed by atoms with Gasteiger partial charge < -0.3 is 37.0 Å². The monoisotopic (exact) mass is 951 g/mol. The molecule has 7 amide bonds. The second-order valence-corrected chi connectivity index (χ2v) is 19.4. The van der Waals surface area contributed by atoms with Gasteiger partial charge in [-0.15, -0.1) is 0 Å². The van der Waals surface area contributed by atoms with Crippen LogP contribution in [0.4, 0.5) is 0 Å². The van der Waals surface area contributed by atoms with E-state index >= 15 is 0 Å². The molecular weight excluding hydrogens is 891 g/mol. The summed E-state index contributed by atoms with van der Waals surface area (Å²) >= 11 is 0. The maximum absolute atomic E-state index is 13.8. The number of amides is 7. The Morgan fingerprint density at radius 1 is 0.896 bits per heavy atom. The molecule has 0 spiro atoms. The summed E-state index contributed by atoms with van der Waals surface area (Å²) in [4.78, 5) is 115. The number of aryl methyl sites for hydroxylation is 2. The molecule has 3 aromatic rings. The second kappa shape index (κ2) is 22.9. The fraction of sp³-hybridized carbons (Fsp3) is 0.533. The molecular formula is C45H61N9O12S. The lowest BCUT2D eigenvalue weighted by atomic mass is 10.0. The third-order valence-electron chi connectivity index (χ3n) is 12.3. The molecule has 0 saturated carbocycles. The van der Waals surface area contributed by atoms with Crippen LogP contribution in [0.1, 0.15) is 101 Å². The summed E-state index contributed by atoms with van der Waals surface area (Å²) in [5, 5.41) is 15.2. The van der Waals surface area contributed by atoms with E-state index in [0.717, 1.165) is 44.4 Å². The fourth-order valence-corrected chi connectivity index (χ4v) is 9.42. The highest BCUT2D eigenvalue weighted by atomic mass is 32.2. The number of aliphatic carboxylic acids is 1. The van der Waals surface area contributed by atoms with Gasteiger partial charge in [0.15, 0.2) is 9.84 Å². The predicted molar refractivity (Wildman–Crippen MR) is 243 cm³/mol. The quantitative estimate of drug-likeness (QED) is 0.0784. The van der Waals surface area contributed by atoms with Crippen molar-refractivity contribution in [2.24, 2.45) is 18.5 Å². The van der Waals surface area contributed by atoms with Crippen molar-refractivity contribution in [3.8, 4) is 0 Å². The minimum absolute atomic E-state index is 0.000281. The number of nitrogens with zero attached hydrogens (tertiary/aromatic N) is 4. The number of nitrogens with two attached hydrogens (primary N) is 2. The van der Waals surface area contributed by atoms with Crippen LogP contribution in [0.25, 0.3) is 11.0 Å². The van der Waals surface area contributed by atoms with Crippen LogP contribution in [-0.2, 0) is 68.2 Å². The summed E-state index contributed by atoms with van der Waals surface area (Å²) in [5.74, 6) is -4.02. The van der Waals surface area contributed by atoms with Crippen molar-refractivity contribution in [2.45, 2.75) is 132 Å². The number of imide groups is 1. The normalized spacial score (nSPS) is 20.1. The predicted octanol–water partition coefficient (Wildman–Crippen LogP) is 0.291. The molecule has 22 heteroatoms. The number of hydrogen-bond acceptors (Lipinski definition) is 12. The van der Waals surface area contributed by atoms with Gasteiger partial charge in [0.05, 0.1) is 15.9 Å². The van der Waals surface area contributed by atoms with Crippen molar-refractivity contribution in [2.75, 3.05) is 19.3 Å². The highest BCUT2D eigenvalue weighted by Gasteiger charge is 2.45. The van der Waals surface area contributed by atoms with Crippen molar-refractivity contribution in [3.63, 3.8) is 0 Å². The van der Waals surface area contributed by atoms with Gasteiger partial charge in [-0.25, -0.2) is 13.2 Å². The molecule has 67 heavy (non-hydrogen) atoms. The smallest absolute Gasteiger partial charge is 0.329 e. The molecule has 21 nitrogen and oxygen atoms in total. The number of rotatable bonds is 17. The first kappa shape index (κ1) is 51.6. The summed E-state index contributed by atoms with van der Waals surface area (Å²) in [6.45, 7) is 1.47. The Hall–Kier alpha value is -6.42. The number of aromatic nitrogens is 2. The van der Waals surface area contributed by atoms with E-state index in [1.165, 1.54) is 26.2 Å². The van der Waals surface area contributed by atoms with Crippen LogP contribution in [0.15, 0.2) is 52.2 Å². The van der Waals surface area contributed by atoms with E-state index in [9.17, 15) is 46.8 Å². The van der Waals surface area contributed by atoms with Crippen LogP contribution in [0.3, 0.4) is 0 Å². The zero-order valence-electron chi connectivity index (χ0n) is 38.0. The first-order chi connectivity index (χ1) is 31.7. The number of sulfone groups is 1. The number of carboxylic acids is 1. The minimum atomic E-state index is -3.40. The minimum Gasteiger partial charge on any atom is -0.481 e. The Morgan fingerprint density at radius 3 is 2.22 bits per heavy atom. The van der Waals surface area contributed by atoms with Crippen LogP contribution in [-0.4, -0.2) is 123 Å². The number of fused-ring (bicyclic) bond motifs is 2. The summed E-state index contributed by atoms with van der Waals surface area (Å²) in [5.41, 5.74) is 14.4. The zero-order chi connectivity index (χ0) is 49.2. The number of piperidine rings is 1. The number of carboxylic acid groups (broad SMARTS) is 1. The van der Waals surface area contributed by atoms with Crippen LogP contribution >= 0.6 is 0 Å². The molecule has 6 rings (SSSR count). The largest absolute Gasteiger partial charge is 0.481 e. The lowest BCUT2D eigenvalue weighted by Crippen LogP contribution is -2.60. The maximum Gasteiger partial charge on any atom is 0.329 e. The standard InChI is InChI=1S/C43H57N9O10S.C2H4O2/c1-49-35-23-26(11-16-32(35)52(43(49)60)34-18-20-37(54)48-41(34)58)7-5-3-4-6-8-38(55)50-22-21-28-12-17-33(51(28)42(59)30(44)25-50)40(57)47-31(15-19-36(45)53)39(56)46-24-27-9-13-29(14-10-27)63(2,61)62;1-2(3)4/h9-11,13-14,16,23,28,30-31,33-34H,3-8,12,15,17-22,24-25,44H2,1-2H3,(H2,45,53)(H,46,56)(H,47,57)(H,48,54,58);1H3,(H,3,4)/t28-,30+,31+,33+,34?;/m1./s1. The molecule has 0 radical (unpaired) electrons. The van der Waals surface area contributed by atoms with Crippen molar-refractivity contribution in [1.29, 1.82) is 0 Å². The van der Waals surface area contributed by atoms with E-state index in [4.69, 9.17) is 21.4 Å². The summed E-state index contributed by atoms with van der Waals surface area (Å²) in [6, 6.07) is 7.51. The van der Waals surface area contributed by atoms with Crippen LogP contribution < -0.4 is 33.1 Å². The number of carbonyl (C=O) groups excluding carboxylic acids is 7. The van der Waals surface area contributed by atoms with E-state index < -0.39 is 69.5 Å². The van der Waals surface area contributed by atoms with Crippen molar-refractivity contribution in [1.82, 2.24) is 34.9 Å². The number of carbonyl (C=O) groups is 8. The first-order valence-corrected chi connectivity index (χ1v) is 24.3. The molecule has 8 N–H and O–H groups in total. The molecule has 4 heterocycles. The van der Waals surface area contributed by atoms with Crippen LogP contribution in [0, 0.1) is 0 Å². The Morgan fingerprint density at radius 2 is 1.57 bits per heavy atom. The van der Waals surface area contributed by atoms with Gasteiger partial charge >= 0.3 is 5.69 Å². The Kier molecular flexibility index (Phi) is 17.6. The van der Waals surface area contributed by atoms with E-state index in [-0.39, 0.29) is 67.2 Å². The van der Waals surface area contributed by atoms with Gasteiger partial charge in [-0.3, -0.25) is 52.8 Å². The molecule has 1 unspecified atom stereocenters. The third kappa shape index (κ3) is 13.6. The maximum atomic E-state index is 13.8. The number of benzene rings is 2. The van der Waals surface area contributed by atoms with E-state index in [1.54, 1.807) is 24.1 Å². The van der Waals surface area contributed by atoms with Crippen LogP contribution in [0.2, 0.25) is 0 Å². The molecule has 1 aromatic heterocycles. The molecule has 364 valence electrons. The van der Waals surface area contributed by atoms with Gasteiger partial charge in [0.1, 0.15) is 24.2 Å². The van der Waals surface area contributed by atoms with Crippen molar-refractivity contribution < 1.29 is 51.9 Å². The van der Waals surface area contributed by atoms with Crippen molar-refractivity contribution in [3.05, 3.63) is 64.1 Å². The van der Waals surface area contributed by atoms with Gasteiger partial charge in [-0.2, -0.15) is 0 Å². The van der Waals surface area contributed by atoms with E-state index in [2.05, 4.69) is 16.0 Å². The summed E-state index contributed by atoms with van der Waals surface area (Å²) in [7, 11) is -1.74. The second-order valence-electron chi connectivity index (χ2n) is 17.4. The summed E-state index contributed by atoms with van der Waals surface area (Å²) in [6.07, 6.45) is 6.77. The lowest BCUT2D eigenvalue weighted by Gasteiger charge is -2.37. The SMILES string of the molecule is CC(=O)O.Cn1c(=O)n(C2CCC(=O)NC2=O)c2ccc(CCCCCCC(=O)N3CC[C@H]4CC[C@@H](C(=O)N[C@@H](CCC(N)=O)C(=O)NCc5ccc(S(C)(=O)=O)cc5)N4C(=O)[C@@H](N)C3)cc21. The Bertz CT molecular complexity index is 2530. The molecule has 5 atom stereocenters. The fourth-order valence-electron chi connectivity index (χ4n) is 8.79. The molecule has 3 fully saturated rings. The molecule has 3 aliphatic rings. The van der Waals surface area contributed by atoms with Gasteiger partial charge in [0.25, 0.3) is 5.97 Å². The van der Waals surface area contributed by atoms with Crippen molar-refractivity contribution >= 4 is 68.2 Å². The van der Waals surface area contributed by atoms with Gasteiger partial charge in [-0.1, -0.05) is 31.0 Å². The molecule has 0 aliphatic carbocycles. The van der Waals surface area contributed by atoms with E-state index in [0.29, 0.717) is 55.2 Å². The number of imidazole rings is 1. The third-order valence-corrected chi connectivity index (χ3v) is 13.4. The molecule has 3 aliphatic heterocycles. The van der Waals surface area contributed by atoms with Crippen LogP contribution in [0.5, 0.6) is 0 Å². The molecule has 3 saturated heterocycles. The van der Waals surface area contributed by atoms with Gasteiger partial charge in [0, 0.05) is 65.2 Å². The average molecular weight is 952 g/mol. The Balaban J connectivity index is 0.00000202. The first-order valence-electron chi connectivity index (χ1n) is 22.4. The zero-order valence-corrected chi connectivity index (χ0v) is 38.8. The molecule has 0 bridgehead atoms. The van der Waals surface area contributed by atoms with E-state index in [1.807, 2.05) is 18.2 Å². The highest BCUT2D eigenvalue weighted by molar-refractivity contribution is 7.90. The highest BCUT2D eigenvalue weighted by Crippen LogP contribution is 2.30. The van der Waals surface area contributed by atoms with Gasteiger partial charge in [0.2, 0.25) is 41.4 Å². The Labute approximate surface area is 387 Å². The number of nitrogens with one attached hydrogen (secondary N) is 3. The topological polar surface area (TPSA) is 312 Å². The average Bonchev–Trinajstić information content (AvgIpc) is 3.79. The molecule has 2 aromatic carbocycles. The summed E-state index contributed by atoms with van der Waals surface area (Å²) < 4.78 is 26.6. The van der Waals surface area contributed by atoms with Gasteiger partial charge in [-0.05, 0) is 86.8 Å². The number of primary amides is 1.